The Hall–Kier alpha value is -2.18. The van der Waals surface area contributed by atoms with E-state index in [9.17, 15) is 17.9 Å². The number of hydrogen-bond acceptors (Lipinski definition) is 3. The molecular weight excluding hydrogens is 305 g/mol. The summed E-state index contributed by atoms with van der Waals surface area (Å²) in [5.41, 5.74) is 1.66. The van der Waals surface area contributed by atoms with Crippen molar-refractivity contribution in [2.24, 2.45) is 0 Å². The predicted molar refractivity (Wildman–Crippen MR) is 81.6 cm³/mol. The highest BCUT2D eigenvalue weighted by Crippen LogP contribution is 2.27. The van der Waals surface area contributed by atoms with Gasteiger partial charge in [0.25, 0.3) is 10.0 Å². The summed E-state index contributed by atoms with van der Waals surface area (Å²) in [5.74, 6) is -0.479. The number of aliphatic hydroxyl groups excluding tert-OH is 1. The van der Waals surface area contributed by atoms with Crippen LogP contribution >= 0.6 is 0 Å². The van der Waals surface area contributed by atoms with Crippen molar-refractivity contribution in [2.45, 2.75) is 18.4 Å². The lowest BCUT2D eigenvalue weighted by molar-refractivity contribution is 0.283. The molecule has 1 N–H and O–H groups in total. The quantitative estimate of drug-likeness (QED) is 0.807. The number of benzene rings is 2. The summed E-state index contributed by atoms with van der Waals surface area (Å²) < 4.78 is 40.0. The Morgan fingerprint density at radius 3 is 2.45 bits per heavy atom. The lowest BCUT2D eigenvalue weighted by Gasteiger charge is -2.07. The normalized spacial score (nSPS) is 12.0. The van der Waals surface area contributed by atoms with Gasteiger partial charge in [-0.1, -0.05) is 17.7 Å². The van der Waals surface area contributed by atoms with Crippen LogP contribution < -0.4 is 0 Å². The minimum Gasteiger partial charge on any atom is -0.392 e. The summed E-state index contributed by atoms with van der Waals surface area (Å²) >= 11 is 0. The molecule has 114 valence electrons. The maximum absolute atomic E-state index is 13.4. The van der Waals surface area contributed by atoms with E-state index in [0.717, 1.165) is 9.54 Å². The summed E-state index contributed by atoms with van der Waals surface area (Å²) in [7, 11) is -3.80. The lowest BCUT2D eigenvalue weighted by Crippen LogP contribution is -2.11. The molecule has 0 amide bonds. The van der Waals surface area contributed by atoms with Crippen LogP contribution in [0.25, 0.3) is 10.9 Å². The smallest absolute Gasteiger partial charge is 0.268 e. The number of hydrogen-bond donors (Lipinski definition) is 1. The molecule has 1 heterocycles. The van der Waals surface area contributed by atoms with Crippen LogP contribution in [0.4, 0.5) is 4.39 Å². The summed E-state index contributed by atoms with van der Waals surface area (Å²) in [5, 5.41) is 9.77. The van der Waals surface area contributed by atoms with Gasteiger partial charge in [0.15, 0.2) is 0 Å². The van der Waals surface area contributed by atoms with Gasteiger partial charge in [-0.05, 0) is 37.3 Å². The third-order valence-corrected chi connectivity index (χ3v) is 5.25. The highest BCUT2D eigenvalue weighted by molar-refractivity contribution is 7.90. The molecule has 0 bridgehead atoms. The first-order chi connectivity index (χ1) is 10.4. The van der Waals surface area contributed by atoms with Crippen molar-refractivity contribution < 1.29 is 17.9 Å². The Labute approximate surface area is 127 Å². The number of aliphatic hydroxyl groups is 1. The van der Waals surface area contributed by atoms with Crippen LogP contribution in [-0.4, -0.2) is 17.5 Å². The summed E-state index contributed by atoms with van der Waals surface area (Å²) in [6, 6.07) is 10.3. The zero-order chi connectivity index (χ0) is 15.9. The lowest BCUT2D eigenvalue weighted by atomic mass is 10.2. The van der Waals surface area contributed by atoms with E-state index in [1.165, 1.54) is 36.5 Å². The molecule has 6 heteroatoms. The van der Waals surface area contributed by atoms with E-state index < -0.39 is 15.8 Å². The highest BCUT2D eigenvalue weighted by atomic mass is 32.2. The fourth-order valence-corrected chi connectivity index (χ4v) is 3.78. The van der Waals surface area contributed by atoms with Gasteiger partial charge >= 0.3 is 0 Å². The summed E-state index contributed by atoms with van der Waals surface area (Å²) in [4.78, 5) is 0.142. The molecule has 0 aliphatic carbocycles. The molecule has 0 fully saturated rings. The fourth-order valence-electron chi connectivity index (χ4n) is 2.39. The molecule has 0 saturated heterocycles. The molecule has 0 aliphatic rings. The molecule has 2 aromatic carbocycles. The Kier molecular flexibility index (Phi) is 3.50. The zero-order valence-electron chi connectivity index (χ0n) is 11.8. The van der Waals surface area contributed by atoms with Crippen LogP contribution in [0.5, 0.6) is 0 Å². The topological polar surface area (TPSA) is 59.3 Å². The molecule has 3 rings (SSSR count). The second-order valence-electron chi connectivity index (χ2n) is 5.09. The second kappa shape index (κ2) is 5.23. The molecule has 0 spiro atoms. The first kappa shape index (κ1) is 14.7. The average molecular weight is 319 g/mol. The molecular formula is C16H14FNO3S. The second-order valence-corrected chi connectivity index (χ2v) is 6.90. The standard InChI is InChI=1S/C16H14FNO3S/c1-11-2-5-14(6-3-11)22(20,21)18-9-12(10-19)15-8-13(17)4-7-16(15)18/h2-9,19H,10H2,1H3. The van der Waals surface area contributed by atoms with Crippen LogP contribution in [0.3, 0.4) is 0 Å². The van der Waals surface area contributed by atoms with E-state index in [0.29, 0.717) is 16.5 Å². The minimum absolute atomic E-state index is 0.142. The van der Waals surface area contributed by atoms with E-state index in [4.69, 9.17) is 0 Å². The van der Waals surface area contributed by atoms with Gasteiger partial charge in [-0.25, -0.2) is 16.8 Å². The van der Waals surface area contributed by atoms with Crippen LogP contribution in [0.15, 0.2) is 53.6 Å². The van der Waals surface area contributed by atoms with Gasteiger partial charge in [0.05, 0.1) is 17.0 Å². The molecule has 22 heavy (non-hydrogen) atoms. The van der Waals surface area contributed by atoms with E-state index in [1.807, 2.05) is 6.92 Å². The van der Waals surface area contributed by atoms with Gasteiger partial charge in [0.1, 0.15) is 5.82 Å². The van der Waals surface area contributed by atoms with Gasteiger partial charge in [-0.15, -0.1) is 0 Å². The Bertz CT molecular complexity index is 943. The van der Waals surface area contributed by atoms with Crippen LogP contribution in [-0.2, 0) is 16.6 Å². The maximum atomic E-state index is 13.4. The molecule has 4 nitrogen and oxygen atoms in total. The Morgan fingerprint density at radius 1 is 1.14 bits per heavy atom. The van der Waals surface area contributed by atoms with Crippen LogP contribution in [0.2, 0.25) is 0 Å². The van der Waals surface area contributed by atoms with Crippen LogP contribution in [0, 0.1) is 12.7 Å². The van der Waals surface area contributed by atoms with Crippen LogP contribution in [0.1, 0.15) is 11.1 Å². The van der Waals surface area contributed by atoms with Crippen molar-refractivity contribution >= 4 is 20.9 Å². The fraction of sp³-hybridized carbons (Fsp3) is 0.125. The van der Waals surface area contributed by atoms with E-state index in [-0.39, 0.29) is 11.5 Å². The number of fused-ring (bicyclic) bond motifs is 1. The molecule has 0 saturated carbocycles. The molecule has 1 aromatic heterocycles. The first-order valence-electron chi connectivity index (χ1n) is 6.66. The molecule has 0 unspecified atom stereocenters. The van der Waals surface area contributed by atoms with Crippen molar-refractivity contribution in [3.05, 3.63) is 65.6 Å². The number of aryl methyl sites for hydroxylation is 1. The van der Waals surface area contributed by atoms with Crippen molar-refractivity contribution in [3.8, 4) is 0 Å². The van der Waals surface area contributed by atoms with E-state index in [2.05, 4.69) is 0 Å². The number of rotatable bonds is 3. The Balaban J connectivity index is 2.27. The number of aromatic nitrogens is 1. The third kappa shape index (κ3) is 2.30. The van der Waals surface area contributed by atoms with E-state index in [1.54, 1.807) is 12.1 Å². The van der Waals surface area contributed by atoms with Gasteiger partial charge in [-0.3, -0.25) is 0 Å². The van der Waals surface area contributed by atoms with Crippen molar-refractivity contribution in [1.29, 1.82) is 0 Å². The maximum Gasteiger partial charge on any atom is 0.268 e. The SMILES string of the molecule is Cc1ccc(S(=O)(=O)n2cc(CO)c3cc(F)ccc32)cc1. The van der Waals surface area contributed by atoms with Crippen molar-refractivity contribution in [3.63, 3.8) is 0 Å². The number of halogens is 1. The first-order valence-corrected chi connectivity index (χ1v) is 8.10. The molecule has 0 aliphatic heterocycles. The van der Waals surface area contributed by atoms with Crippen molar-refractivity contribution in [2.75, 3.05) is 0 Å². The Morgan fingerprint density at radius 2 is 1.82 bits per heavy atom. The molecule has 3 aromatic rings. The van der Waals surface area contributed by atoms with Gasteiger partial charge in [-0.2, -0.15) is 0 Å². The molecule has 0 atom stereocenters. The summed E-state index contributed by atoms with van der Waals surface area (Å²) in [6.07, 6.45) is 1.33. The highest BCUT2D eigenvalue weighted by Gasteiger charge is 2.21. The zero-order valence-corrected chi connectivity index (χ0v) is 12.6. The third-order valence-electron chi connectivity index (χ3n) is 3.56. The van der Waals surface area contributed by atoms with Crippen molar-refractivity contribution in [1.82, 2.24) is 3.97 Å². The average Bonchev–Trinajstić information content (AvgIpc) is 2.86. The number of nitrogens with zero attached hydrogens (tertiary/aromatic N) is 1. The predicted octanol–water partition coefficient (Wildman–Crippen LogP) is 2.82. The largest absolute Gasteiger partial charge is 0.392 e. The monoisotopic (exact) mass is 319 g/mol. The van der Waals surface area contributed by atoms with Gasteiger partial charge in [0.2, 0.25) is 0 Å². The minimum atomic E-state index is -3.80. The van der Waals surface area contributed by atoms with E-state index >= 15 is 0 Å². The summed E-state index contributed by atoms with van der Waals surface area (Å²) in [6.45, 7) is 1.50. The van der Waals surface area contributed by atoms with Gasteiger partial charge in [0, 0.05) is 17.1 Å². The molecule has 0 radical (unpaired) electrons. The van der Waals surface area contributed by atoms with Gasteiger partial charge < -0.3 is 5.11 Å².